The number of methoxy groups -OCH3 is 6. The predicted molar refractivity (Wildman–Crippen MR) is 153 cm³/mol. The largest absolute Gasteiger partial charge is 0.469 e. The second-order valence-corrected chi connectivity index (χ2v) is 8.66. The van der Waals surface area contributed by atoms with Crippen molar-refractivity contribution in [3.63, 3.8) is 0 Å². The lowest BCUT2D eigenvalue weighted by Crippen LogP contribution is -2.11. The molecule has 0 aromatic heterocycles. The average Bonchev–Trinajstić information content (AvgIpc) is 3.03. The molecule has 1 aromatic carbocycles. The smallest absolute Gasteiger partial charge is 0.338 e. The number of carbonyl (C=O) groups is 6. The highest BCUT2D eigenvalue weighted by Gasteiger charge is 2.16. The maximum absolute atomic E-state index is 11.2. The van der Waals surface area contributed by atoms with Crippen LogP contribution < -0.4 is 0 Å². The van der Waals surface area contributed by atoms with Crippen LogP contribution >= 0.6 is 0 Å². The summed E-state index contributed by atoms with van der Waals surface area (Å²) in [4.78, 5) is 65.2. The van der Waals surface area contributed by atoms with Crippen LogP contribution in [0.15, 0.2) is 24.3 Å². The Labute approximate surface area is 248 Å². The lowest BCUT2D eigenvalue weighted by Gasteiger charge is -2.04. The third kappa shape index (κ3) is 21.8. The Balaban J connectivity index is 0. The molecule has 1 aromatic rings. The molecule has 0 saturated carbocycles. The normalized spacial score (nSPS) is 9.48. The van der Waals surface area contributed by atoms with E-state index in [1.807, 2.05) is 0 Å². The summed E-state index contributed by atoms with van der Waals surface area (Å²) in [6.45, 7) is 0. The molecule has 0 amide bonds. The van der Waals surface area contributed by atoms with E-state index in [0.29, 0.717) is 38.5 Å². The van der Waals surface area contributed by atoms with Crippen LogP contribution in [0.3, 0.4) is 0 Å². The van der Waals surface area contributed by atoms with Gasteiger partial charge in [0.05, 0.1) is 53.8 Å². The Bertz CT molecular complexity index is 867. The zero-order valence-electron chi connectivity index (χ0n) is 25.7. The summed E-state index contributed by atoms with van der Waals surface area (Å²) in [6, 6.07) is 6.33. The third-order valence-electron chi connectivity index (χ3n) is 5.67. The van der Waals surface area contributed by atoms with Crippen molar-refractivity contribution in [3.05, 3.63) is 35.4 Å². The number of hydrogen-bond acceptors (Lipinski definition) is 12. The Kier molecular flexibility index (Phi) is 26.0. The summed E-state index contributed by atoms with van der Waals surface area (Å²) in [5, 5.41) is 0. The molecule has 0 bridgehead atoms. The summed E-state index contributed by atoms with van der Waals surface area (Å²) < 4.78 is 27.0. The molecule has 0 N–H and O–H groups in total. The van der Waals surface area contributed by atoms with E-state index in [-0.39, 0.29) is 35.0 Å². The third-order valence-corrected chi connectivity index (χ3v) is 5.67. The zero-order chi connectivity index (χ0) is 32.2. The lowest BCUT2D eigenvalue weighted by atomic mass is 10.1. The maximum atomic E-state index is 11.2. The summed E-state index contributed by atoms with van der Waals surface area (Å²) in [5.41, 5.74) is 0.420. The number of hydrogen-bond donors (Lipinski definition) is 0. The number of carbonyl (C=O) groups excluding carboxylic acids is 6. The van der Waals surface area contributed by atoms with Crippen LogP contribution in [-0.2, 0) is 47.6 Å². The van der Waals surface area contributed by atoms with Gasteiger partial charge in [-0.3, -0.25) is 19.2 Å². The SMILES string of the molecule is COC(=O)CCCCC(=O)OC.COC(=O)CCCCCCCCC(=O)OC.COC(=O)c1ccccc1C(=O)OC. The molecule has 1 rings (SSSR count). The van der Waals surface area contributed by atoms with Crippen molar-refractivity contribution in [2.24, 2.45) is 0 Å². The van der Waals surface area contributed by atoms with Crippen molar-refractivity contribution >= 4 is 35.8 Å². The molecule has 0 saturated heterocycles. The van der Waals surface area contributed by atoms with Crippen LogP contribution in [0, 0.1) is 0 Å². The minimum atomic E-state index is -0.550. The van der Waals surface area contributed by atoms with Crippen molar-refractivity contribution in [2.45, 2.75) is 77.0 Å². The van der Waals surface area contributed by atoms with E-state index >= 15 is 0 Å². The number of ether oxygens (including phenoxy) is 6. The van der Waals surface area contributed by atoms with Crippen LogP contribution in [0.1, 0.15) is 97.8 Å². The van der Waals surface area contributed by atoms with E-state index in [4.69, 9.17) is 0 Å². The molecule has 12 heteroatoms. The fraction of sp³-hybridized carbons (Fsp3) is 0.600. The van der Waals surface area contributed by atoms with Crippen LogP contribution in [0.2, 0.25) is 0 Å². The van der Waals surface area contributed by atoms with Gasteiger partial charge < -0.3 is 28.4 Å². The van der Waals surface area contributed by atoms with Gasteiger partial charge in [-0.15, -0.1) is 0 Å². The molecule has 0 aliphatic rings. The Hall–Kier alpha value is -3.96. The molecule has 0 unspecified atom stereocenters. The molecule has 238 valence electrons. The fourth-order valence-electron chi connectivity index (χ4n) is 3.25. The van der Waals surface area contributed by atoms with Gasteiger partial charge >= 0.3 is 35.8 Å². The first-order valence-corrected chi connectivity index (χ1v) is 13.6. The summed E-state index contributed by atoms with van der Waals surface area (Å²) >= 11 is 0. The minimum absolute atomic E-state index is 0.134. The molecular formula is C30H46O12. The maximum Gasteiger partial charge on any atom is 0.338 e. The van der Waals surface area contributed by atoms with Gasteiger partial charge in [-0.25, -0.2) is 9.59 Å². The van der Waals surface area contributed by atoms with Gasteiger partial charge in [0.25, 0.3) is 0 Å². The predicted octanol–water partition coefficient (Wildman–Crippen LogP) is 4.61. The van der Waals surface area contributed by atoms with Crippen LogP contribution in [0.25, 0.3) is 0 Å². The average molecular weight is 599 g/mol. The molecule has 0 radical (unpaired) electrons. The second kappa shape index (κ2) is 27.2. The molecule has 0 aliphatic heterocycles. The lowest BCUT2D eigenvalue weighted by molar-refractivity contribution is -0.142. The molecule has 0 heterocycles. The fourth-order valence-corrected chi connectivity index (χ4v) is 3.25. The molecular weight excluding hydrogens is 552 g/mol. The highest BCUT2D eigenvalue weighted by molar-refractivity contribution is 6.03. The highest BCUT2D eigenvalue weighted by atomic mass is 16.5. The Morgan fingerprint density at radius 2 is 0.643 bits per heavy atom. The van der Waals surface area contributed by atoms with Gasteiger partial charge in [0.1, 0.15) is 0 Å². The van der Waals surface area contributed by atoms with E-state index in [0.717, 1.165) is 38.5 Å². The summed E-state index contributed by atoms with van der Waals surface area (Å²) in [6.07, 6.45) is 9.20. The van der Waals surface area contributed by atoms with E-state index in [9.17, 15) is 28.8 Å². The monoisotopic (exact) mass is 598 g/mol. The van der Waals surface area contributed by atoms with Crippen LogP contribution in [0.4, 0.5) is 0 Å². The number of rotatable bonds is 16. The van der Waals surface area contributed by atoms with Crippen molar-refractivity contribution in [1.82, 2.24) is 0 Å². The molecule has 12 nitrogen and oxygen atoms in total. The first kappa shape index (κ1) is 40.2. The van der Waals surface area contributed by atoms with Gasteiger partial charge in [0, 0.05) is 25.7 Å². The minimum Gasteiger partial charge on any atom is -0.469 e. The number of esters is 6. The number of unbranched alkanes of at least 4 members (excludes halogenated alkanes) is 6. The van der Waals surface area contributed by atoms with E-state index in [1.165, 1.54) is 54.8 Å². The van der Waals surface area contributed by atoms with Crippen molar-refractivity contribution < 1.29 is 57.2 Å². The quantitative estimate of drug-likeness (QED) is 0.148. The van der Waals surface area contributed by atoms with Crippen molar-refractivity contribution in [3.8, 4) is 0 Å². The van der Waals surface area contributed by atoms with Crippen LogP contribution in [0.5, 0.6) is 0 Å². The van der Waals surface area contributed by atoms with Gasteiger partial charge in [-0.05, 0) is 37.8 Å². The van der Waals surface area contributed by atoms with Crippen molar-refractivity contribution in [2.75, 3.05) is 42.7 Å². The number of benzene rings is 1. The first-order chi connectivity index (χ1) is 20.1. The Morgan fingerprint density at radius 3 is 0.881 bits per heavy atom. The van der Waals surface area contributed by atoms with E-state index in [1.54, 1.807) is 12.1 Å². The summed E-state index contributed by atoms with van der Waals surface area (Å²) in [7, 11) is 8.04. The van der Waals surface area contributed by atoms with Gasteiger partial charge in [-0.1, -0.05) is 37.8 Å². The van der Waals surface area contributed by atoms with Crippen molar-refractivity contribution in [1.29, 1.82) is 0 Å². The standard InChI is InChI=1S/C12H22O4.C10H10O4.C8H14O4/c1-15-11(13)9-7-5-3-4-6-8-10-12(14)16-2;1-13-9(11)7-5-3-4-6-8(7)10(12)14-2;1-11-7(9)5-3-4-6-8(10)12-2/h3-10H2,1-2H3;3-6H,1-2H3;3-6H2,1-2H3. The molecule has 42 heavy (non-hydrogen) atoms. The highest BCUT2D eigenvalue weighted by Crippen LogP contribution is 2.11. The molecule has 0 fully saturated rings. The first-order valence-electron chi connectivity index (χ1n) is 13.6. The molecule has 0 atom stereocenters. The summed E-state index contributed by atoms with van der Waals surface area (Å²) in [5.74, 6) is -1.84. The Morgan fingerprint density at radius 1 is 0.405 bits per heavy atom. The zero-order valence-corrected chi connectivity index (χ0v) is 25.7. The molecule has 0 aliphatic carbocycles. The second-order valence-electron chi connectivity index (χ2n) is 8.66. The van der Waals surface area contributed by atoms with Gasteiger partial charge in [0.2, 0.25) is 0 Å². The topological polar surface area (TPSA) is 158 Å². The van der Waals surface area contributed by atoms with E-state index < -0.39 is 11.9 Å². The van der Waals surface area contributed by atoms with Gasteiger partial charge in [-0.2, -0.15) is 0 Å². The molecule has 0 spiro atoms. The van der Waals surface area contributed by atoms with Crippen LogP contribution in [-0.4, -0.2) is 78.5 Å². The van der Waals surface area contributed by atoms with Gasteiger partial charge in [0.15, 0.2) is 0 Å². The van der Waals surface area contributed by atoms with E-state index in [2.05, 4.69) is 28.4 Å².